The van der Waals surface area contributed by atoms with Crippen LogP contribution in [0.5, 0.6) is 5.75 Å². The van der Waals surface area contributed by atoms with Crippen LogP contribution in [0.1, 0.15) is 0 Å². The van der Waals surface area contributed by atoms with E-state index in [0.29, 0.717) is 12.1 Å². The molecular weight excluding hydrogens is 514 g/mol. The summed E-state index contributed by atoms with van der Waals surface area (Å²) >= 11 is 0. The Bertz CT molecular complexity index is 820. The molecule has 0 radical (unpaired) electrons. The van der Waals surface area contributed by atoms with Crippen LogP contribution in [0.2, 0.25) is 0 Å². The number of hydrogen-bond acceptors (Lipinski definition) is 2. The van der Waals surface area contributed by atoms with Gasteiger partial charge in [0.15, 0.2) is 6.61 Å². The molecule has 0 heterocycles. The van der Waals surface area contributed by atoms with Crippen molar-refractivity contribution in [2.75, 3.05) is 12.3 Å². The SMILES string of the molecule is Nc1ccc(OCC(F)(F)C(F)(F)C(F)(F)C(F)(F)C(F)(F)C(F)(F)C(F)(F)C(F)F)cc1. The molecule has 2 N–H and O–H groups in total. The number of alkyl halides is 16. The molecule has 0 spiro atoms. The second-order valence-corrected chi connectivity index (χ2v) is 6.36. The molecule has 0 unspecified atom stereocenters. The predicted octanol–water partition coefficient (Wildman–Crippen LogP) is 6.36. The molecule has 0 saturated carbocycles. The zero-order valence-electron chi connectivity index (χ0n) is 15.1. The van der Waals surface area contributed by atoms with Gasteiger partial charge in [0.05, 0.1) is 0 Å². The van der Waals surface area contributed by atoms with E-state index in [4.69, 9.17) is 5.73 Å². The Morgan fingerprint density at radius 2 is 0.970 bits per heavy atom. The molecule has 0 bridgehead atoms. The van der Waals surface area contributed by atoms with Crippen LogP contribution in [-0.2, 0) is 0 Å². The van der Waals surface area contributed by atoms with E-state index in [1.165, 1.54) is 0 Å². The topological polar surface area (TPSA) is 35.2 Å². The lowest BCUT2D eigenvalue weighted by Gasteiger charge is -2.42. The van der Waals surface area contributed by atoms with Gasteiger partial charge in [0, 0.05) is 5.69 Å². The quantitative estimate of drug-likeness (QED) is 0.286. The largest absolute Gasteiger partial charge is 0.487 e. The molecule has 1 aromatic rings. The first-order valence-electron chi connectivity index (χ1n) is 7.83. The molecule has 0 fully saturated rings. The first-order chi connectivity index (χ1) is 14.4. The van der Waals surface area contributed by atoms with Crippen LogP contribution in [0.15, 0.2) is 24.3 Å². The maximum absolute atomic E-state index is 13.6. The smallest absolute Gasteiger partial charge is 0.385 e. The summed E-state index contributed by atoms with van der Waals surface area (Å²) in [5.41, 5.74) is 5.11. The standard InChI is InChI=1S/C15H9F16NO/c16-8(17)10(20,21)12(24,25)14(28,29)15(30,31)13(26,27)11(22,23)9(18,19)5-33-7-3-1-6(32)2-4-7/h1-4,8H,5,32H2. The van der Waals surface area contributed by atoms with Crippen molar-refractivity contribution < 1.29 is 75.0 Å². The Morgan fingerprint density at radius 1 is 0.606 bits per heavy atom. The molecule has 192 valence electrons. The van der Waals surface area contributed by atoms with E-state index in [9.17, 15) is 70.2 Å². The number of anilines is 1. The minimum Gasteiger partial charge on any atom is -0.487 e. The molecule has 0 aromatic heterocycles. The summed E-state index contributed by atoms with van der Waals surface area (Å²) in [4.78, 5) is 0. The van der Waals surface area contributed by atoms with Crippen LogP contribution in [0.25, 0.3) is 0 Å². The Balaban J connectivity index is 3.40. The molecule has 0 aliphatic carbocycles. The fourth-order valence-corrected chi connectivity index (χ4v) is 2.00. The van der Waals surface area contributed by atoms with Crippen molar-refractivity contribution in [2.45, 2.75) is 47.9 Å². The van der Waals surface area contributed by atoms with E-state index < -0.39 is 60.2 Å². The van der Waals surface area contributed by atoms with E-state index in [1.807, 2.05) is 0 Å². The number of benzene rings is 1. The average Bonchev–Trinajstić information content (AvgIpc) is 2.66. The summed E-state index contributed by atoms with van der Waals surface area (Å²) in [7, 11) is 0. The van der Waals surface area contributed by atoms with Crippen LogP contribution in [0.3, 0.4) is 0 Å². The number of halogens is 16. The lowest BCUT2D eigenvalue weighted by molar-refractivity contribution is -0.447. The van der Waals surface area contributed by atoms with E-state index >= 15 is 0 Å². The predicted molar refractivity (Wildman–Crippen MR) is 77.0 cm³/mol. The van der Waals surface area contributed by atoms with Crippen molar-refractivity contribution >= 4 is 5.69 Å². The van der Waals surface area contributed by atoms with Gasteiger partial charge in [-0.25, -0.2) is 8.78 Å². The molecule has 0 atom stereocenters. The molecule has 18 heteroatoms. The Kier molecular flexibility index (Phi) is 7.12. The highest BCUT2D eigenvalue weighted by Gasteiger charge is 2.93. The van der Waals surface area contributed by atoms with Crippen molar-refractivity contribution in [3.63, 3.8) is 0 Å². The Morgan fingerprint density at radius 3 is 1.36 bits per heavy atom. The molecule has 0 saturated heterocycles. The number of nitrogens with two attached hydrogens (primary N) is 1. The Hall–Kier alpha value is -2.30. The third kappa shape index (κ3) is 4.20. The average molecular weight is 523 g/mol. The molecule has 2 nitrogen and oxygen atoms in total. The first kappa shape index (κ1) is 28.7. The fraction of sp³-hybridized carbons (Fsp3) is 0.600. The minimum atomic E-state index is -8.42. The zero-order chi connectivity index (χ0) is 26.5. The molecule has 1 rings (SSSR count). The van der Waals surface area contributed by atoms with Gasteiger partial charge in [0.2, 0.25) is 0 Å². The summed E-state index contributed by atoms with van der Waals surface area (Å²) in [5, 5.41) is 0. The first-order valence-corrected chi connectivity index (χ1v) is 7.83. The lowest BCUT2D eigenvalue weighted by atomic mass is 9.89. The van der Waals surface area contributed by atoms with Crippen LogP contribution in [-0.4, -0.2) is 54.5 Å². The number of nitrogen functional groups attached to an aromatic ring is 1. The van der Waals surface area contributed by atoms with E-state index in [1.54, 1.807) is 0 Å². The molecule has 0 amide bonds. The normalized spacial score (nSPS) is 15.2. The number of ether oxygens (including phenoxy) is 1. The van der Waals surface area contributed by atoms with Gasteiger partial charge in [-0.1, -0.05) is 0 Å². The van der Waals surface area contributed by atoms with Crippen molar-refractivity contribution in [2.24, 2.45) is 0 Å². The molecule has 1 aromatic carbocycles. The van der Waals surface area contributed by atoms with E-state index in [-0.39, 0.29) is 5.69 Å². The zero-order valence-corrected chi connectivity index (χ0v) is 15.1. The fourth-order valence-electron chi connectivity index (χ4n) is 2.00. The monoisotopic (exact) mass is 523 g/mol. The summed E-state index contributed by atoms with van der Waals surface area (Å²) in [6.45, 7) is -2.94. The van der Waals surface area contributed by atoms with Crippen LogP contribution in [0, 0.1) is 0 Å². The third-order valence-electron chi connectivity index (χ3n) is 4.03. The summed E-state index contributed by atoms with van der Waals surface area (Å²) in [5.74, 6) is -55.6. The van der Waals surface area contributed by atoms with Crippen LogP contribution in [0.4, 0.5) is 75.9 Å². The van der Waals surface area contributed by atoms with Crippen LogP contribution < -0.4 is 10.5 Å². The highest BCUT2D eigenvalue weighted by atomic mass is 19.4. The van der Waals surface area contributed by atoms with Crippen molar-refractivity contribution in [3.05, 3.63) is 24.3 Å². The molecular formula is C15H9F16NO. The maximum Gasteiger partial charge on any atom is 0.385 e. The summed E-state index contributed by atoms with van der Waals surface area (Å²) < 4.78 is 215. The maximum atomic E-state index is 13.6. The molecule has 0 aliphatic rings. The van der Waals surface area contributed by atoms with Crippen LogP contribution >= 0.6 is 0 Å². The molecule has 33 heavy (non-hydrogen) atoms. The van der Waals surface area contributed by atoms with Gasteiger partial charge in [0.25, 0.3) is 0 Å². The number of rotatable bonds is 10. The minimum absolute atomic E-state index is 0.0608. The second-order valence-electron chi connectivity index (χ2n) is 6.36. The van der Waals surface area contributed by atoms with Crippen molar-refractivity contribution in [1.82, 2.24) is 0 Å². The van der Waals surface area contributed by atoms with Crippen molar-refractivity contribution in [1.29, 1.82) is 0 Å². The van der Waals surface area contributed by atoms with Gasteiger partial charge in [-0.15, -0.1) is 0 Å². The molecule has 0 aliphatic heterocycles. The van der Waals surface area contributed by atoms with Crippen molar-refractivity contribution in [3.8, 4) is 5.75 Å². The summed E-state index contributed by atoms with van der Waals surface area (Å²) in [6.07, 6.45) is -5.88. The van der Waals surface area contributed by atoms with Gasteiger partial charge >= 0.3 is 47.9 Å². The highest BCUT2D eigenvalue weighted by Crippen LogP contribution is 2.62. The Labute approximate surface area is 172 Å². The van der Waals surface area contributed by atoms with Gasteiger partial charge < -0.3 is 10.5 Å². The number of hydrogen-bond donors (Lipinski definition) is 1. The van der Waals surface area contributed by atoms with Gasteiger partial charge in [-0.3, -0.25) is 0 Å². The van der Waals surface area contributed by atoms with E-state index in [2.05, 4.69) is 4.74 Å². The van der Waals surface area contributed by atoms with Gasteiger partial charge in [-0.05, 0) is 24.3 Å². The van der Waals surface area contributed by atoms with Gasteiger partial charge in [0.1, 0.15) is 5.75 Å². The van der Waals surface area contributed by atoms with E-state index in [0.717, 1.165) is 12.1 Å². The highest BCUT2D eigenvalue weighted by molar-refractivity contribution is 5.41. The van der Waals surface area contributed by atoms with Gasteiger partial charge in [-0.2, -0.15) is 61.5 Å². The summed E-state index contributed by atoms with van der Waals surface area (Å²) in [6, 6.07) is 3.13. The second kappa shape index (κ2) is 8.18. The third-order valence-corrected chi connectivity index (χ3v) is 4.03. The lowest BCUT2D eigenvalue weighted by Crippen LogP contribution is -2.74.